The van der Waals surface area contributed by atoms with Crippen LogP contribution in [0.3, 0.4) is 0 Å². The summed E-state index contributed by atoms with van der Waals surface area (Å²) in [5.41, 5.74) is 2.10. The average molecular weight is 598 g/mol. The number of hydrogen-bond donors (Lipinski definition) is 3. The minimum absolute atomic E-state index is 0.0346. The number of hydrogen-bond acceptors (Lipinski definition) is 7. The summed E-state index contributed by atoms with van der Waals surface area (Å²) in [6.07, 6.45) is 0.0546. The third kappa shape index (κ3) is 7.70. The standard InChI is InChI=1S/C30H32F3N5O2.CH2O2/c1-17(22-8-7-9-24(28(22)31)30(3,32)33)34-29-23-16-21(10-12-25(23)35-18(2)36-29)38(6)20-11-13-26(39)19(14-20)15-27(40)37(4)5;2-1-3/h7-14,16-17,39H,15H2,1-6H3,(H,34,35,36);1H,(H,2,3)/t17-;/m1./s1. The predicted octanol–water partition coefficient (Wildman–Crippen LogP) is 6.17. The number of fused-ring (bicyclic) bond motifs is 1. The fourth-order valence-electron chi connectivity index (χ4n) is 4.45. The lowest BCUT2D eigenvalue weighted by Crippen LogP contribution is -2.23. The van der Waals surface area contributed by atoms with E-state index in [0.29, 0.717) is 35.0 Å². The number of amides is 1. The molecule has 0 aliphatic rings. The molecule has 0 spiro atoms. The van der Waals surface area contributed by atoms with Gasteiger partial charge in [-0.15, -0.1) is 0 Å². The van der Waals surface area contributed by atoms with Gasteiger partial charge in [0, 0.05) is 56.0 Å². The van der Waals surface area contributed by atoms with Gasteiger partial charge in [-0.3, -0.25) is 9.59 Å². The third-order valence-corrected chi connectivity index (χ3v) is 6.79. The normalized spacial score (nSPS) is 11.7. The number of rotatable bonds is 8. The second kappa shape index (κ2) is 13.4. The quantitative estimate of drug-likeness (QED) is 0.207. The molecule has 0 aliphatic carbocycles. The summed E-state index contributed by atoms with van der Waals surface area (Å²) in [4.78, 5) is 33.0. The first-order valence-corrected chi connectivity index (χ1v) is 13.2. The number of aromatic hydroxyl groups is 1. The van der Waals surface area contributed by atoms with Gasteiger partial charge in [0.1, 0.15) is 23.2 Å². The van der Waals surface area contributed by atoms with E-state index in [2.05, 4.69) is 15.3 Å². The molecule has 3 aromatic carbocycles. The van der Waals surface area contributed by atoms with Crippen LogP contribution in [0.2, 0.25) is 0 Å². The molecule has 1 aromatic heterocycles. The predicted molar refractivity (Wildman–Crippen MR) is 160 cm³/mol. The summed E-state index contributed by atoms with van der Waals surface area (Å²) in [5.74, 6) is -3.45. The zero-order valence-electron chi connectivity index (χ0n) is 24.7. The number of carbonyl (C=O) groups is 2. The summed E-state index contributed by atoms with van der Waals surface area (Å²) in [7, 11) is 5.16. The molecule has 0 radical (unpaired) electrons. The Balaban J connectivity index is 0.00000162. The third-order valence-electron chi connectivity index (χ3n) is 6.79. The molecule has 43 heavy (non-hydrogen) atoms. The maximum atomic E-state index is 15.1. The molecule has 0 unspecified atom stereocenters. The second-order valence-corrected chi connectivity index (χ2v) is 10.2. The summed E-state index contributed by atoms with van der Waals surface area (Å²) >= 11 is 0. The second-order valence-electron chi connectivity index (χ2n) is 10.2. The van der Waals surface area contributed by atoms with Gasteiger partial charge in [-0.25, -0.2) is 23.1 Å². The molecule has 1 amide bonds. The number of carboxylic acid groups (broad SMARTS) is 1. The number of phenolic OH excluding ortho intramolecular Hbond substituents is 1. The SMILES string of the molecule is Cc1nc(N[C@H](C)c2cccc(C(C)(F)F)c2F)c2cc(N(C)c3ccc(O)c(CC(=O)N(C)C)c3)ccc2n1.O=CO. The van der Waals surface area contributed by atoms with Gasteiger partial charge in [0.15, 0.2) is 0 Å². The van der Waals surface area contributed by atoms with Crippen molar-refractivity contribution in [1.29, 1.82) is 0 Å². The van der Waals surface area contributed by atoms with Crippen LogP contribution in [0.4, 0.5) is 30.4 Å². The van der Waals surface area contributed by atoms with Crippen molar-refractivity contribution in [2.45, 2.75) is 39.2 Å². The van der Waals surface area contributed by atoms with Crippen LogP contribution in [-0.2, 0) is 21.9 Å². The lowest BCUT2D eigenvalue weighted by molar-refractivity contribution is -0.128. The molecule has 12 heteroatoms. The van der Waals surface area contributed by atoms with Crippen molar-refractivity contribution in [3.8, 4) is 5.75 Å². The number of aryl methyl sites for hydroxylation is 1. The van der Waals surface area contributed by atoms with Crippen molar-refractivity contribution in [2.24, 2.45) is 0 Å². The Bertz CT molecular complexity index is 1630. The molecule has 9 nitrogen and oxygen atoms in total. The summed E-state index contributed by atoms with van der Waals surface area (Å²) in [5, 5.41) is 21.0. The van der Waals surface area contributed by atoms with Crippen molar-refractivity contribution < 1.29 is 33.0 Å². The maximum Gasteiger partial charge on any atom is 0.290 e. The van der Waals surface area contributed by atoms with E-state index < -0.39 is 23.3 Å². The van der Waals surface area contributed by atoms with E-state index in [-0.39, 0.29) is 30.1 Å². The molecular formula is C31H34F3N5O4. The smallest absolute Gasteiger partial charge is 0.290 e. The van der Waals surface area contributed by atoms with Crippen LogP contribution in [-0.4, -0.2) is 58.6 Å². The minimum Gasteiger partial charge on any atom is -0.508 e. The van der Waals surface area contributed by atoms with Crippen molar-refractivity contribution in [3.63, 3.8) is 0 Å². The Morgan fingerprint density at radius 2 is 1.70 bits per heavy atom. The lowest BCUT2D eigenvalue weighted by Gasteiger charge is -2.23. The van der Waals surface area contributed by atoms with Gasteiger partial charge in [0.05, 0.1) is 23.5 Å². The van der Waals surface area contributed by atoms with Crippen molar-refractivity contribution in [2.75, 3.05) is 31.4 Å². The van der Waals surface area contributed by atoms with E-state index >= 15 is 4.39 Å². The van der Waals surface area contributed by atoms with E-state index in [1.807, 2.05) is 30.1 Å². The first-order chi connectivity index (χ1) is 20.2. The van der Waals surface area contributed by atoms with Gasteiger partial charge in [-0.1, -0.05) is 18.2 Å². The largest absolute Gasteiger partial charge is 0.508 e. The highest BCUT2D eigenvalue weighted by molar-refractivity contribution is 5.92. The number of nitrogens with zero attached hydrogens (tertiary/aromatic N) is 4. The van der Waals surface area contributed by atoms with Gasteiger partial charge >= 0.3 is 0 Å². The minimum atomic E-state index is -3.31. The number of carbonyl (C=O) groups excluding carboxylic acids is 1. The van der Waals surface area contributed by atoms with Crippen LogP contribution in [0.15, 0.2) is 54.6 Å². The number of benzene rings is 3. The molecular weight excluding hydrogens is 563 g/mol. The van der Waals surface area contributed by atoms with Gasteiger partial charge in [-0.05, 0) is 50.2 Å². The highest BCUT2D eigenvalue weighted by Gasteiger charge is 2.30. The van der Waals surface area contributed by atoms with Crippen LogP contribution >= 0.6 is 0 Å². The van der Waals surface area contributed by atoms with Gasteiger partial charge in [0.2, 0.25) is 5.91 Å². The number of aromatic nitrogens is 2. The molecule has 0 aliphatic heterocycles. The molecule has 3 N–H and O–H groups in total. The van der Waals surface area contributed by atoms with Gasteiger partial charge in [-0.2, -0.15) is 0 Å². The Hall–Kier alpha value is -4.87. The first-order valence-electron chi connectivity index (χ1n) is 13.2. The Kier molecular flexibility index (Phi) is 10.2. The summed E-state index contributed by atoms with van der Waals surface area (Å²) < 4.78 is 42.9. The summed E-state index contributed by atoms with van der Waals surface area (Å²) in [6, 6.07) is 13.9. The van der Waals surface area contributed by atoms with Crippen molar-refractivity contribution in [1.82, 2.24) is 14.9 Å². The van der Waals surface area contributed by atoms with E-state index in [1.165, 1.54) is 17.0 Å². The zero-order valence-corrected chi connectivity index (χ0v) is 24.7. The molecule has 4 aromatic rings. The van der Waals surface area contributed by atoms with E-state index in [1.54, 1.807) is 46.1 Å². The molecule has 1 atom stereocenters. The molecule has 228 valence electrons. The zero-order chi connectivity index (χ0) is 32.1. The fourth-order valence-corrected chi connectivity index (χ4v) is 4.45. The monoisotopic (exact) mass is 597 g/mol. The summed E-state index contributed by atoms with van der Waals surface area (Å²) in [6.45, 7) is 3.84. The number of anilines is 3. The molecule has 0 saturated heterocycles. The fraction of sp³-hybridized carbons (Fsp3) is 0.290. The van der Waals surface area contributed by atoms with Crippen LogP contribution in [0.1, 0.15) is 42.4 Å². The lowest BCUT2D eigenvalue weighted by atomic mass is 10.0. The number of phenols is 1. The van der Waals surface area contributed by atoms with Gasteiger partial charge < -0.3 is 25.3 Å². The van der Waals surface area contributed by atoms with Crippen LogP contribution in [0.5, 0.6) is 5.75 Å². The highest BCUT2D eigenvalue weighted by atomic mass is 19.3. The number of nitrogens with one attached hydrogen (secondary N) is 1. The topological polar surface area (TPSA) is 119 Å². The van der Waals surface area contributed by atoms with E-state index in [9.17, 15) is 18.7 Å². The molecule has 0 saturated carbocycles. The van der Waals surface area contributed by atoms with Crippen molar-refractivity contribution >= 4 is 40.5 Å². The molecule has 1 heterocycles. The number of likely N-dealkylation sites (N-methyl/N-ethyl adjacent to an activating group) is 1. The van der Waals surface area contributed by atoms with E-state index in [0.717, 1.165) is 17.4 Å². The first kappa shape index (κ1) is 32.6. The average Bonchev–Trinajstić information content (AvgIpc) is 2.93. The van der Waals surface area contributed by atoms with E-state index in [4.69, 9.17) is 9.90 Å². The number of halogens is 3. The Morgan fingerprint density at radius 1 is 1.07 bits per heavy atom. The van der Waals surface area contributed by atoms with Gasteiger partial charge in [0.25, 0.3) is 12.4 Å². The molecule has 0 bridgehead atoms. The van der Waals surface area contributed by atoms with Crippen LogP contribution in [0.25, 0.3) is 10.9 Å². The highest BCUT2D eigenvalue weighted by Crippen LogP contribution is 2.35. The Labute approximate surface area is 247 Å². The molecule has 4 rings (SSSR count). The molecule has 0 fully saturated rings. The number of alkyl halides is 2. The Morgan fingerprint density at radius 3 is 2.33 bits per heavy atom. The van der Waals surface area contributed by atoms with Crippen molar-refractivity contribution in [3.05, 3.63) is 82.9 Å². The van der Waals surface area contributed by atoms with Crippen LogP contribution < -0.4 is 10.2 Å². The maximum absolute atomic E-state index is 15.1. The van der Waals surface area contributed by atoms with Crippen LogP contribution in [0, 0.1) is 12.7 Å².